The summed E-state index contributed by atoms with van der Waals surface area (Å²) in [6.07, 6.45) is 1.01. The number of carboxylic acid groups (broad SMARTS) is 1. The molecule has 2 amide bonds. The van der Waals surface area contributed by atoms with Crippen molar-refractivity contribution >= 4 is 22.0 Å². The van der Waals surface area contributed by atoms with Gasteiger partial charge in [0, 0.05) is 12.1 Å². The van der Waals surface area contributed by atoms with E-state index in [2.05, 4.69) is 15.4 Å². The Bertz CT molecular complexity index is 390. The van der Waals surface area contributed by atoms with E-state index in [0.29, 0.717) is 0 Å². The lowest BCUT2D eigenvalue weighted by atomic mass is 10.1. The van der Waals surface area contributed by atoms with Gasteiger partial charge in [0.2, 0.25) is 10.0 Å². The zero-order chi connectivity index (χ0) is 13.7. The number of carbonyl (C=O) groups excluding carboxylic acids is 1. The molecule has 0 saturated carbocycles. The molecule has 4 N–H and O–H groups in total. The molecule has 0 unspecified atom stereocenters. The van der Waals surface area contributed by atoms with Gasteiger partial charge in [-0.3, -0.25) is 4.79 Å². The van der Waals surface area contributed by atoms with Crippen molar-refractivity contribution in [2.24, 2.45) is 0 Å². The molecule has 0 aromatic rings. The molecule has 0 atom stereocenters. The molecule has 8 nitrogen and oxygen atoms in total. The molecule has 0 aromatic carbocycles. The van der Waals surface area contributed by atoms with Crippen LogP contribution in [0.4, 0.5) is 4.79 Å². The summed E-state index contributed by atoms with van der Waals surface area (Å²) >= 11 is 0. The van der Waals surface area contributed by atoms with Gasteiger partial charge in [-0.1, -0.05) is 0 Å². The van der Waals surface area contributed by atoms with Gasteiger partial charge in [0.25, 0.3) is 0 Å². The molecular formula is C8H17N3O5S. The summed E-state index contributed by atoms with van der Waals surface area (Å²) < 4.78 is 24.3. The first-order chi connectivity index (χ1) is 7.52. The molecule has 0 saturated heterocycles. The van der Waals surface area contributed by atoms with E-state index in [-0.39, 0.29) is 6.54 Å². The molecule has 100 valence electrons. The topological polar surface area (TPSA) is 125 Å². The van der Waals surface area contributed by atoms with E-state index >= 15 is 0 Å². The fourth-order valence-electron chi connectivity index (χ4n) is 1.06. The van der Waals surface area contributed by atoms with E-state index in [0.717, 1.165) is 6.26 Å². The van der Waals surface area contributed by atoms with Crippen LogP contribution in [-0.2, 0) is 14.8 Å². The first kappa shape index (κ1) is 15.7. The van der Waals surface area contributed by atoms with Crippen LogP contribution in [0, 0.1) is 0 Å². The Labute approximate surface area is 99.8 Å². The van der Waals surface area contributed by atoms with E-state index in [4.69, 9.17) is 5.11 Å². The van der Waals surface area contributed by atoms with Gasteiger partial charge < -0.3 is 15.7 Å². The van der Waals surface area contributed by atoms with Gasteiger partial charge in [0.05, 0.1) is 6.26 Å². The predicted octanol–water partition coefficient (Wildman–Crippen LogP) is -1.30. The number of hydrogen-bond acceptors (Lipinski definition) is 4. The highest BCUT2D eigenvalue weighted by molar-refractivity contribution is 7.88. The van der Waals surface area contributed by atoms with Crippen molar-refractivity contribution in [3.05, 3.63) is 0 Å². The normalized spacial score (nSPS) is 11.9. The molecule has 0 aromatic heterocycles. The van der Waals surface area contributed by atoms with Crippen LogP contribution in [0.3, 0.4) is 0 Å². The van der Waals surface area contributed by atoms with Crippen LogP contribution in [0.25, 0.3) is 0 Å². The standard InChI is InChI=1S/C8H17N3O5S/c1-8(2,11-17(3,15)16)5-10-7(14)9-4-6(12)13/h11H,4-5H2,1-3H3,(H,12,13)(H2,9,10,14). The van der Waals surface area contributed by atoms with Crippen LogP contribution in [-0.4, -0.2) is 50.4 Å². The average Bonchev–Trinajstić information content (AvgIpc) is 2.07. The SMILES string of the molecule is CC(C)(CNC(=O)NCC(=O)O)NS(C)(=O)=O. The Morgan fingerprint density at radius 3 is 2.18 bits per heavy atom. The van der Waals surface area contributed by atoms with Crippen LogP contribution < -0.4 is 15.4 Å². The van der Waals surface area contributed by atoms with Gasteiger partial charge in [-0.25, -0.2) is 17.9 Å². The number of amides is 2. The van der Waals surface area contributed by atoms with E-state index in [1.807, 2.05) is 0 Å². The maximum absolute atomic E-state index is 11.1. The molecule has 0 heterocycles. The van der Waals surface area contributed by atoms with E-state index < -0.39 is 34.1 Å². The molecule has 0 fully saturated rings. The van der Waals surface area contributed by atoms with E-state index in [1.54, 1.807) is 13.8 Å². The highest BCUT2D eigenvalue weighted by Gasteiger charge is 2.22. The van der Waals surface area contributed by atoms with Gasteiger partial charge in [-0.2, -0.15) is 0 Å². The van der Waals surface area contributed by atoms with Crippen molar-refractivity contribution in [3.63, 3.8) is 0 Å². The number of rotatable bonds is 6. The van der Waals surface area contributed by atoms with Crippen molar-refractivity contribution < 1.29 is 23.1 Å². The lowest BCUT2D eigenvalue weighted by molar-refractivity contribution is -0.135. The van der Waals surface area contributed by atoms with Crippen molar-refractivity contribution in [2.45, 2.75) is 19.4 Å². The Morgan fingerprint density at radius 1 is 1.24 bits per heavy atom. The highest BCUT2D eigenvalue weighted by Crippen LogP contribution is 2.01. The van der Waals surface area contributed by atoms with Gasteiger partial charge in [-0.05, 0) is 13.8 Å². The third-order valence-electron chi connectivity index (χ3n) is 1.55. The summed E-state index contributed by atoms with van der Waals surface area (Å²) in [6, 6.07) is -0.671. The summed E-state index contributed by atoms with van der Waals surface area (Å²) in [4.78, 5) is 21.3. The van der Waals surface area contributed by atoms with Gasteiger partial charge >= 0.3 is 12.0 Å². The summed E-state index contributed by atoms with van der Waals surface area (Å²) in [5.74, 6) is -1.16. The fourth-order valence-corrected chi connectivity index (χ4v) is 2.13. The van der Waals surface area contributed by atoms with Crippen LogP contribution in [0.15, 0.2) is 0 Å². The molecule has 0 bridgehead atoms. The Kier molecular flexibility index (Phi) is 5.36. The van der Waals surface area contributed by atoms with Crippen LogP contribution in [0.1, 0.15) is 13.8 Å². The Hall–Kier alpha value is -1.35. The minimum atomic E-state index is -3.37. The largest absolute Gasteiger partial charge is 0.480 e. The predicted molar refractivity (Wildman–Crippen MR) is 61.1 cm³/mol. The lowest BCUT2D eigenvalue weighted by Gasteiger charge is -2.25. The third kappa shape index (κ3) is 9.57. The summed E-state index contributed by atoms with van der Waals surface area (Å²) in [5, 5.41) is 12.8. The quantitative estimate of drug-likeness (QED) is 0.476. The first-order valence-electron chi connectivity index (χ1n) is 4.74. The maximum Gasteiger partial charge on any atom is 0.323 e. The molecule has 0 spiro atoms. The molecule has 0 aliphatic carbocycles. The molecule has 0 aliphatic rings. The Morgan fingerprint density at radius 2 is 1.76 bits per heavy atom. The summed E-state index contributed by atoms with van der Waals surface area (Å²) in [5.41, 5.74) is -0.853. The number of nitrogens with one attached hydrogen (secondary N) is 3. The van der Waals surface area contributed by atoms with Crippen LogP contribution in [0.5, 0.6) is 0 Å². The second-order valence-electron chi connectivity index (χ2n) is 4.19. The zero-order valence-corrected chi connectivity index (χ0v) is 10.7. The lowest BCUT2D eigenvalue weighted by Crippen LogP contribution is -2.52. The van der Waals surface area contributed by atoms with E-state index in [1.165, 1.54) is 0 Å². The summed E-state index contributed by atoms with van der Waals surface area (Å²) in [6.45, 7) is 2.72. The minimum Gasteiger partial charge on any atom is -0.480 e. The molecule has 0 aliphatic heterocycles. The number of carboxylic acids is 1. The molecular weight excluding hydrogens is 250 g/mol. The average molecular weight is 267 g/mol. The number of carbonyl (C=O) groups is 2. The van der Waals surface area contributed by atoms with Crippen molar-refractivity contribution in [1.82, 2.24) is 15.4 Å². The molecule has 17 heavy (non-hydrogen) atoms. The van der Waals surface area contributed by atoms with Crippen molar-refractivity contribution in [2.75, 3.05) is 19.3 Å². The molecule has 0 rings (SSSR count). The molecule has 9 heteroatoms. The Balaban J connectivity index is 4.09. The van der Waals surface area contributed by atoms with Gasteiger partial charge in [0.1, 0.15) is 6.54 Å². The monoisotopic (exact) mass is 267 g/mol. The maximum atomic E-state index is 11.1. The zero-order valence-electron chi connectivity index (χ0n) is 9.90. The van der Waals surface area contributed by atoms with Crippen molar-refractivity contribution in [1.29, 1.82) is 0 Å². The number of urea groups is 1. The van der Waals surface area contributed by atoms with Crippen LogP contribution >= 0.6 is 0 Å². The smallest absolute Gasteiger partial charge is 0.323 e. The van der Waals surface area contributed by atoms with Gasteiger partial charge in [0.15, 0.2) is 0 Å². The summed E-state index contributed by atoms with van der Waals surface area (Å²) in [7, 11) is -3.37. The van der Waals surface area contributed by atoms with Gasteiger partial charge in [-0.15, -0.1) is 0 Å². The fraction of sp³-hybridized carbons (Fsp3) is 0.750. The molecule has 0 radical (unpaired) electrons. The van der Waals surface area contributed by atoms with Crippen molar-refractivity contribution in [3.8, 4) is 0 Å². The number of hydrogen-bond donors (Lipinski definition) is 4. The number of sulfonamides is 1. The first-order valence-corrected chi connectivity index (χ1v) is 6.63. The van der Waals surface area contributed by atoms with Crippen LogP contribution in [0.2, 0.25) is 0 Å². The minimum absolute atomic E-state index is 0.0333. The third-order valence-corrected chi connectivity index (χ3v) is 2.48. The van der Waals surface area contributed by atoms with E-state index in [9.17, 15) is 18.0 Å². The second kappa shape index (κ2) is 5.82. The number of aliphatic carboxylic acids is 1. The highest BCUT2D eigenvalue weighted by atomic mass is 32.2. The second-order valence-corrected chi connectivity index (χ2v) is 5.94.